The number of benzene rings is 2. The molecule has 1 aliphatic heterocycles. The summed E-state index contributed by atoms with van der Waals surface area (Å²) in [5.41, 5.74) is 2.19. The number of para-hydroxylation sites is 1. The molecule has 0 aliphatic carbocycles. The summed E-state index contributed by atoms with van der Waals surface area (Å²) in [7, 11) is 1.67. The number of carbonyl (C=O) groups excluding carboxylic acids is 1. The lowest BCUT2D eigenvalue weighted by molar-refractivity contribution is -0.132. The predicted octanol–water partition coefficient (Wildman–Crippen LogP) is 4.25. The van der Waals surface area contributed by atoms with Crippen LogP contribution in [0, 0.1) is 0 Å². The summed E-state index contributed by atoms with van der Waals surface area (Å²) < 4.78 is 5.08. The minimum absolute atomic E-state index is 0.0335. The van der Waals surface area contributed by atoms with E-state index in [4.69, 9.17) is 4.74 Å². The molecule has 3 rings (SSSR count). The summed E-state index contributed by atoms with van der Waals surface area (Å²) in [5, 5.41) is -0.0335. The Bertz CT molecular complexity index is 700. The van der Waals surface area contributed by atoms with Crippen molar-refractivity contribution in [1.82, 2.24) is 4.90 Å². The van der Waals surface area contributed by atoms with Gasteiger partial charge in [0.25, 0.3) is 0 Å². The lowest BCUT2D eigenvalue weighted by atomic mass is 10.1. The largest absolute Gasteiger partial charge is 0.496 e. The minimum Gasteiger partial charge on any atom is -0.496 e. The van der Waals surface area contributed by atoms with Crippen molar-refractivity contribution in [3.05, 3.63) is 65.7 Å². The van der Waals surface area contributed by atoms with Gasteiger partial charge in [0.05, 0.1) is 11.9 Å². The van der Waals surface area contributed by atoms with Gasteiger partial charge < -0.3 is 9.64 Å². The van der Waals surface area contributed by atoms with Gasteiger partial charge in [-0.15, -0.1) is 11.8 Å². The zero-order valence-electron chi connectivity index (χ0n) is 13.7. The number of ether oxygens (including phenoxy) is 1. The Morgan fingerprint density at radius 3 is 2.43 bits per heavy atom. The molecule has 4 heteroatoms. The van der Waals surface area contributed by atoms with Crippen molar-refractivity contribution in [3.63, 3.8) is 0 Å². The van der Waals surface area contributed by atoms with E-state index in [9.17, 15) is 4.79 Å². The summed E-state index contributed by atoms with van der Waals surface area (Å²) in [5.74, 6) is 0.996. The number of carbonyl (C=O) groups is 1. The van der Waals surface area contributed by atoms with E-state index < -0.39 is 4.75 Å². The van der Waals surface area contributed by atoms with E-state index in [0.29, 0.717) is 6.54 Å². The van der Waals surface area contributed by atoms with E-state index in [1.54, 1.807) is 18.9 Å². The van der Waals surface area contributed by atoms with Crippen LogP contribution in [0.25, 0.3) is 0 Å². The Labute approximate surface area is 141 Å². The zero-order valence-corrected chi connectivity index (χ0v) is 14.5. The number of nitrogens with zero attached hydrogens (tertiary/aromatic N) is 1. The average molecular weight is 327 g/mol. The van der Waals surface area contributed by atoms with Gasteiger partial charge in [0.15, 0.2) is 0 Å². The maximum Gasteiger partial charge on any atom is 0.239 e. The molecule has 0 saturated carbocycles. The number of hydrogen-bond donors (Lipinski definition) is 0. The van der Waals surface area contributed by atoms with E-state index in [-0.39, 0.29) is 11.3 Å². The second kappa shape index (κ2) is 6.28. The van der Waals surface area contributed by atoms with Gasteiger partial charge in [0.2, 0.25) is 5.91 Å². The van der Waals surface area contributed by atoms with Gasteiger partial charge in [0.1, 0.15) is 11.1 Å². The molecule has 1 saturated heterocycles. The molecule has 0 spiro atoms. The first-order chi connectivity index (χ1) is 11.0. The number of amides is 1. The van der Waals surface area contributed by atoms with Crippen LogP contribution in [0.1, 0.15) is 30.3 Å². The van der Waals surface area contributed by atoms with Gasteiger partial charge in [-0.25, -0.2) is 0 Å². The van der Waals surface area contributed by atoms with Crippen LogP contribution in [0.3, 0.4) is 0 Å². The van der Waals surface area contributed by atoms with E-state index >= 15 is 0 Å². The topological polar surface area (TPSA) is 29.5 Å². The molecule has 0 N–H and O–H groups in total. The highest BCUT2D eigenvalue weighted by Crippen LogP contribution is 2.51. The van der Waals surface area contributed by atoms with Crippen molar-refractivity contribution in [3.8, 4) is 5.75 Å². The molecule has 23 heavy (non-hydrogen) atoms. The lowest BCUT2D eigenvalue weighted by Crippen LogP contribution is -2.34. The van der Waals surface area contributed by atoms with Crippen molar-refractivity contribution in [2.24, 2.45) is 0 Å². The van der Waals surface area contributed by atoms with Crippen molar-refractivity contribution in [2.45, 2.75) is 30.5 Å². The molecule has 1 atom stereocenters. The molecule has 120 valence electrons. The average Bonchev–Trinajstić information content (AvgIpc) is 2.79. The third-order valence-corrected chi connectivity index (χ3v) is 5.56. The Hall–Kier alpha value is -1.94. The third kappa shape index (κ3) is 3.08. The summed E-state index contributed by atoms with van der Waals surface area (Å²) in [6.07, 6.45) is 0. The van der Waals surface area contributed by atoms with Gasteiger partial charge in [0, 0.05) is 12.1 Å². The van der Waals surface area contributed by atoms with Crippen molar-refractivity contribution >= 4 is 17.7 Å². The lowest BCUT2D eigenvalue weighted by Gasteiger charge is -2.25. The Balaban J connectivity index is 1.98. The van der Waals surface area contributed by atoms with Crippen LogP contribution < -0.4 is 4.74 Å². The van der Waals surface area contributed by atoms with Crippen LogP contribution in [-0.2, 0) is 11.3 Å². The van der Waals surface area contributed by atoms with Crippen LogP contribution in [-0.4, -0.2) is 22.7 Å². The monoisotopic (exact) mass is 327 g/mol. The summed E-state index contributed by atoms with van der Waals surface area (Å²) >= 11 is 1.68. The zero-order chi connectivity index (χ0) is 16.4. The quantitative estimate of drug-likeness (QED) is 0.841. The maximum atomic E-state index is 12.9. The van der Waals surface area contributed by atoms with E-state index in [2.05, 4.69) is 12.1 Å². The molecule has 1 unspecified atom stereocenters. The Kier molecular flexibility index (Phi) is 4.35. The highest BCUT2D eigenvalue weighted by Gasteiger charge is 2.47. The third-order valence-electron chi connectivity index (χ3n) is 4.07. The molecule has 0 radical (unpaired) electrons. The SMILES string of the molecule is COc1ccccc1C1SC(C)(C)C(=O)N1Cc1ccccc1. The van der Waals surface area contributed by atoms with Crippen LogP contribution in [0.4, 0.5) is 0 Å². The minimum atomic E-state index is -0.430. The normalized spacial score (nSPS) is 19.9. The highest BCUT2D eigenvalue weighted by molar-refractivity contribution is 8.02. The van der Waals surface area contributed by atoms with Crippen molar-refractivity contribution in [2.75, 3.05) is 7.11 Å². The molecule has 1 amide bonds. The van der Waals surface area contributed by atoms with Crippen LogP contribution in [0.2, 0.25) is 0 Å². The highest BCUT2D eigenvalue weighted by atomic mass is 32.2. The molecule has 2 aromatic carbocycles. The van der Waals surface area contributed by atoms with Crippen molar-refractivity contribution in [1.29, 1.82) is 0 Å². The first-order valence-corrected chi connectivity index (χ1v) is 8.56. The van der Waals surface area contributed by atoms with Gasteiger partial charge in [-0.05, 0) is 25.5 Å². The molecule has 1 aliphatic rings. The van der Waals surface area contributed by atoms with Gasteiger partial charge in [-0.3, -0.25) is 4.79 Å². The number of thioether (sulfide) groups is 1. The molecule has 1 heterocycles. The molecule has 0 bridgehead atoms. The van der Waals surface area contributed by atoms with Crippen molar-refractivity contribution < 1.29 is 9.53 Å². The molecule has 3 nitrogen and oxygen atoms in total. The Morgan fingerprint density at radius 2 is 1.74 bits per heavy atom. The molecule has 2 aromatic rings. The Morgan fingerprint density at radius 1 is 1.09 bits per heavy atom. The summed E-state index contributed by atoms with van der Waals surface area (Å²) in [4.78, 5) is 14.8. The fourth-order valence-electron chi connectivity index (χ4n) is 2.88. The second-order valence-corrected chi connectivity index (χ2v) is 7.84. The second-order valence-electron chi connectivity index (χ2n) is 6.14. The first kappa shape index (κ1) is 15.9. The van der Waals surface area contributed by atoms with E-state index in [1.807, 2.05) is 61.2 Å². The molecular formula is C19H21NO2S. The van der Waals surface area contributed by atoms with Crippen LogP contribution in [0.15, 0.2) is 54.6 Å². The van der Waals surface area contributed by atoms with E-state index in [0.717, 1.165) is 16.9 Å². The summed E-state index contributed by atoms with van der Waals surface area (Å²) in [6, 6.07) is 18.1. The van der Waals surface area contributed by atoms with E-state index in [1.165, 1.54) is 0 Å². The van der Waals surface area contributed by atoms with Gasteiger partial charge in [-0.1, -0.05) is 48.5 Å². The molecule has 1 fully saturated rings. The molecular weight excluding hydrogens is 306 g/mol. The van der Waals surface area contributed by atoms with Gasteiger partial charge >= 0.3 is 0 Å². The number of methoxy groups -OCH3 is 1. The van der Waals surface area contributed by atoms with Gasteiger partial charge in [-0.2, -0.15) is 0 Å². The maximum absolute atomic E-state index is 12.9. The summed E-state index contributed by atoms with van der Waals surface area (Å²) in [6.45, 7) is 4.60. The number of hydrogen-bond acceptors (Lipinski definition) is 3. The fourth-order valence-corrected chi connectivity index (χ4v) is 4.28. The first-order valence-electron chi connectivity index (χ1n) is 7.68. The predicted molar refractivity (Wildman–Crippen MR) is 94.4 cm³/mol. The van der Waals surface area contributed by atoms with Crippen LogP contribution >= 0.6 is 11.8 Å². The smallest absolute Gasteiger partial charge is 0.239 e. The molecule has 0 aromatic heterocycles. The standard InChI is InChI=1S/C19H21NO2S/c1-19(2)18(21)20(13-14-9-5-4-6-10-14)17(23-19)15-11-7-8-12-16(15)22-3/h4-12,17H,13H2,1-3H3. The number of rotatable bonds is 4. The fraction of sp³-hybridized carbons (Fsp3) is 0.316. The van der Waals surface area contributed by atoms with Crippen LogP contribution in [0.5, 0.6) is 5.75 Å².